The third-order valence-electron chi connectivity index (χ3n) is 3.71. The molecule has 1 saturated carbocycles. The van der Waals surface area contributed by atoms with E-state index >= 15 is 0 Å². The molecule has 0 spiro atoms. The number of sulfone groups is 1. The summed E-state index contributed by atoms with van der Waals surface area (Å²) in [5.41, 5.74) is 7.38. The minimum atomic E-state index is -2.91. The van der Waals surface area contributed by atoms with Crippen molar-refractivity contribution in [3.05, 3.63) is 22.4 Å². The van der Waals surface area contributed by atoms with Crippen molar-refractivity contribution in [2.75, 3.05) is 6.26 Å². The first-order valence-corrected chi connectivity index (χ1v) is 8.85. The summed E-state index contributed by atoms with van der Waals surface area (Å²) in [7, 11) is -2.91. The molecule has 1 fully saturated rings. The van der Waals surface area contributed by atoms with Gasteiger partial charge in [0.2, 0.25) is 0 Å². The molecule has 5 heteroatoms. The van der Waals surface area contributed by atoms with Crippen LogP contribution in [0.4, 0.5) is 0 Å². The SMILES string of the molecule is CS(=O)(=O)C1CCCC(C(N)c2ccsc2)C1. The van der Waals surface area contributed by atoms with Crippen LogP contribution in [0.2, 0.25) is 0 Å². The Bertz CT molecular complexity index is 453. The van der Waals surface area contributed by atoms with Crippen LogP contribution in [0.15, 0.2) is 16.8 Å². The maximum Gasteiger partial charge on any atom is 0.150 e. The summed E-state index contributed by atoms with van der Waals surface area (Å²) in [5, 5.41) is 3.90. The van der Waals surface area contributed by atoms with Crippen molar-refractivity contribution in [2.24, 2.45) is 11.7 Å². The Hall–Kier alpha value is -0.390. The molecular weight excluding hydrogens is 254 g/mol. The minimum absolute atomic E-state index is 0.00852. The van der Waals surface area contributed by atoms with Gasteiger partial charge in [-0.1, -0.05) is 6.42 Å². The highest BCUT2D eigenvalue weighted by atomic mass is 32.2. The third kappa shape index (κ3) is 3.09. The first-order chi connectivity index (χ1) is 7.98. The zero-order valence-corrected chi connectivity index (χ0v) is 11.6. The highest BCUT2D eigenvalue weighted by Gasteiger charge is 2.32. The molecule has 1 heterocycles. The normalized spacial score (nSPS) is 27.9. The van der Waals surface area contributed by atoms with Crippen LogP contribution in [0.5, 0.6) is 0 Å². The Morgan fingerprint density at radius 1 is 1.47 bits per heavy atom. The van der Waals surface area contributed by atoms with Crippen LogP contribution >= 0.6 is 11.3 Å². The van der Waals surface area contributed by atoms with Gasteiger partial charge in [0.1, 0.15) is 9.84 Å². The summed E-state index contributed by atoms with van der Waals surface area (Å²) in [6.45, 7) is 0. The number of hydrogen-bond acceptors (Lipinski definition) is 4. The van der Waals surface area contributed by atoms with Crippen LogP contribution in [0.3, 0.4) is 0 Å². The van der Waals surface area contributed by atoms with Crippen LogP contribution in [0.1, 0.15) is 37.3 Å². The average molecular weight is 273 g/mol. The standard InChI is InChI=1S/C12H19NO2S2/c1-17(14,15)11-4-2-3-9(7-11)12(13)10-5-6-16-8-10/h5-6,8-9,11-12H,2-4,7,13H2,1H3. The topological polar surface area (TPSA) is 60.2 Å². The summed E-state index contributed by atoms with van der Waals surface area (Å²) >= 11 is 1.64. The molecule has 0 amide bonds. The van der Waals surface area contributed by atoms with Gasteiger partial charge in [-0.3, -0.25) is 0 Å². The highest BCUT2D eigenvalue weighted by molar-refractivity contribution is 7.91. The Morgan fingerprint density at radius 3 is 2.82 bits per heavy atom. The van der Waals surface area contributed by atoms with E-state index in [4.69, 9.17) is 5.73 Å². The number of hydrogen-bond donors (Lipinski definition) is 1. The lowest BCUT2D eigenvalue weighted by Gasteiger charge is -2.31. The number of nitrogens with two attached hydrogens (primary N) is 1. The van der Waals surface area contributed by atoms with Gasteiger partial charge >= 0.3 is 0 Å². The van der Waals surface area contributed by atoms with Crippen LogP contribution in [0.25, 0.3) is 0 Å². The molecule has 17 heavy (non-hydrogen) atoms. The minimum Gasteiger partial charge on any atom is -0.324 e. The fourth-order valence-electron chi connectivity index (χ4n) is 2.63. The molecular formula is C12H19NO2S2. The molecule has 1 aromatic rings. The van der Waals surface area contributed by atoms with E-state index in [1.54, 1.807) is 11.3 Å². The van der Waals surface area contributed by atoms with Crippen LogP contribution in [-0.2, 0) is 9.84 Å². The first-order valence-electron chi connectivity index (χ1n) is 5.95. The van der Waals surface area contributed by atoms with Gasteiger partial charge in [-0.25, -0.2) is 8.42 Å². The van der Waals surface area contributed by atoms with Crippen molar-refractivity contribution in [3.63, 3.8) is 0 Å². The van der Waals surface area contributed by atoms with Gasteiger partial charge in [0.05, 0.1) is 5.25 Å². The van der Waals surface area contributed by atoms with E-state index in [1.165, 1.54) is 6.26 Å². The Balaban J connectivity index is 2.07. The van der Waals surface area contributed by atoms with E-state index < -0.39 is 9.84 Å². The fourth-order valence-corrected chi connectivity index (χ4v) is 4.53. The maximum atomic E-state index is 11.6. The molecule has 2 rings (SSSR count). The molecule has 3 nitrogen and oxygen atoms in total. The molecule has 0 radical (unpaired) electrons. The first kappa shape index (κ1) is 13.1. The second kappa shape index (κ2) is 5.08. The fraction of sp³-hybridized carbons (Fsp3) is 0.667. The summed E-state index contributed by atoms with van der Waals surface area (Å²) in [6, 6.07) is 2.03. The van der Waals surface area contributed by atoms with Gasteiger partial charge in [0, 0.05) is 12.3 Å². The van der Waals surface area contributed by atoms with E-state index in [9.17, 15) is 8.42 Å². The van der Waals surface area contributed by atoms with Crippen molar-refractivity contribution >= 4 is 21.2 Å². The molecule has 0 bridgehead atoms. The van der Waals surface area contributed by atoms with Gasteiger partial charge in [-0.2, -0.15) is 11.3 Å². The molecule has 3 unspecified atom stereocenters. The van der Waals surface area contributed by atoms with E-state index in [2.05, 4.69) is 5.38 Å². The van der Waals surface area contributed by atoms with E-state index in [0.29, 0.717) is 5.92 Å². The largest absolute Gasteiger partial charge is 0.324 e. The second-order valence-corrected chi connectivity index (χ2v) is 8.07. The molecule has 0 aliphatic heterocycles. The Morgan fingerprint density at radius 2 is 2.24 bits per heavy atom. The van der Waals surface area contributed by atoms with Crippen molar-refractivity contribution in [3.8, 4) is 0 Å². The Kier molecular flexibility index (Phi) is 3.90. The predicted octanol–water partition coefficient (Wildman–Crippen LogP) is 2.35. The molecule has 2 N–H and O–H groups in total. The predicted molar refractivity (Wildman–Crippen MR) is 71.8 cm³/mol. The lowest BCUT2D eigenvalue weighted by molar-refractivity contribution is 0.309. The third-order valence-corrected chi connectivity index (χ3v) is 6.05. The monoisotopic (exact) mass is 273 g/mol. The van der Waals surface area contributed by atoms with E-state index in [1.807, 2.05) is 11.4 Å². The molecule has 0 aromatic carbocycles. The van der Waals surface area contributed by atoms with Gasteiger partial charge in [-0.15, -0.1) is 0 Å². The maximum absolute atomic E-state index is 11.6. The average Bonchev–Trinajstić information content (AvgIpc) is 2.80. The van der Waals surface area contributed by atoms with Crippen molar-refractivity contribution in [1.29, 1.82) is 0 Å². The van der Waals surface area contributed by atoms with E-state index in [-0.39, 0.29) is 11.3 Å². The molecule has 0 saturated heterocycles. The van der Waals surface area contributed by atoms with Gasteiger partial charge < -0.3 is 5.73 Å². The molecule has 1 aromatic heterocycles. The van der Waals surface area contributed by atoms with Crippen molar-refractivity contribution in [1.82, 2.24) is 0 Å². The molecule has 1 aliphatic carbocycles. The zero-order valence-electron chi connectivity index (χ0n) is 10.0. The van der Waals surface area contributed by atoms with Gasteiger partial charge in [0.25, 0.3) is 0 Å². The molecule has 96 valence electrons. The zero-order chi connectivity index (χ0) is 12.5. The van der Waals surface area contributed by atoms with Crippen LogP contribution in [-0.4, -0.2) is 19.9 Å². The lowest BCUT2D eigenvalue weighted by Crippen LogP contribution is -2.32. The number of thiophene rings is 1. The smallest absolute Gasteiger partial charge is 0.150 e. The molecule has 3 atom stereocenters. The highest BCUT2D eigenvalue weighted by Crippen LogP contribution is 2.35. The van der Waals surface area contributed by atoms with Crippen LogP contribution in [0, 0.1) is 5.92 Å². The summed E-state index contributed by atoms with van der Waals surface area (Å²) in [6.07, 6.45) is 4.88. The molecule has 1 aliphatic rings. The van der Waals surface area contributed by atoms with Gasteiger partial charge in [-0.05, 0) is 47.6 Å². The summed E-state index contributed by atoms with van der Waals surface area (Å²) in [5.74, 6) is 0.304. The van der Waals surface area contributed by atoms with Crippen LogP contribution < -0.4 is 5.73 Å². The lowest BCUT2D eigenvalue weighted by atomic mass is 9.82. The quantitative estimate of drug-likeness (QED) is 0.919. The second-order valence-electron chi connectivity index (χ2n) is 4.96. The van der Waals surface area contributed by atoms with E-state index in [0.717, 1.165) is 31.2 Å². The van der Waals surface area contributed by atoms with Crippen molar-refractivity contribution < 1.29 is 8.42 Å². The van der Waals surface area contributed by atoms with Crippen molar-refractivity contribution in [2.45, 2.75) is 37.0 Å². The Labute approximate surface area is 107 Å². The van der Waals surface area contributed by atoms with Gasteiger partial charge in [0.15, 0.2) is 0 Å². The summed E-state index contributed by atoms with van der Waals surface area (Å²) < 4.78 is 23.2. The summed E-state index contributed by atoms with van der Waals surface area (Å²) in [4.78, 5) is 0. The number of rotatable bonds is 3.